The number of ketones is 2. The number of rotatable bonds is 11. The summed E-state index contributed by atoms with van der Waals surface area (Å²) < 4.78 is 6.08. The van der Waals surface area contributed by atoms with Crippen LogP contribution in [-0.4, -0.2) is 23.3 Å². The number of epoxide rings is 1. The largest absolute Gasteiger partial charge is 0.365 e. The van der Waals surface area contributed by atoms with Gasteiger partial charge in [0.15, 0.2) is 0 Å². The van der Waals surface area contributed by atoms with Crippen LogP contribution in [0.15, 0.2) is 12.2 Å². The first-order valence-corrected chi connectivity index (χ1v) is 9.99. The Labute approximate surface area is 154 Å². The monoisotopic (exact) mass is 350 g/mol. The van der Waals surface area contributed by atoms with E-state index in [2.05, 4.69) is 39.8 Å². The highest BCUT2D eigenvalue weighted by Gasteiger charge is 2.59. The number of allylic oxidation sites excluding steroid dienone is 1. The van der Waals surface area contributed by atoms with Crippen LogP contribution in [0.25, 0.3) is 0 Å². The van der Waals surface area contributed by atoms with E-state index in [0.29, 0.717) is 24.5 Å². The van der Waals surface area contributed by atoms with Gasteiger partial charge in [-0.25, -0.2) is 0 Å². The summed E-state index contributed by atoms with van der Waals surface area (Å²) in [7, 11) is 0. The Kier molecular flexibility index (Phi) is 8.05. The number of hydrogen-bond donors (Lipinski definition) is 0. The smallest absolute Gasteiger partial charge is 0.139 e. The number of carbonyl (C=O) groups excluding carboxylic acids is 2. The maximum Gasteiger partial charge on any atom is 0.139 e. The minimum atomic E-state index is -0.225. The van der Waals surface area contributed by atoms with Gasteiger partial charge in [-0.15, -0.1) is 0 Å². The molecule has 1 heterocycles. The van der Waals surface area contributed by atoms with Crippen molar-refractivity contribution in [3.05, 3.63) is 12.2 Å². The third-order valence-corrected chi connectivity index (χ3v) is 6.42. The van der Waals surface area contributed by atoms with Crippen molar-refractivity contribution in [1.29, 1.82) is 0 Å². The van der Waals surface area contributed by atoms with Crippen LogP contribution in [0.1, 0.15) is 74.7 Å². The normalized spacial score (nSPS) is 29.0. The molecule has 0 aromatic rings. The first-order chi connectivity index (χ1) is 11.6. The van der Waals surface area contributed by atoms with Crippen molar-refractivity contribution in [2.45, 2.75) is 86.4 Å². The lowest BCUT2D eigenvalue weighted by molar-refractivity contribution is -0.131. The van der Waals surface area contributed by atoms with Crippen LogP contribution in [0.2, 0.25) is 0 Å². The average Bonchev–Trinajstić information content (AvgIpc) is 3.28. The molecule has 0 bridgehead atoms. The second kappa shape index (κ2) is 9.12. The van der Waals surface area contributed by atoms with Crippen LogP contribution in [0.4, 0.5) is 0 Å². The predicted molar refractivity (Wildman–Crippen MR) is 103 cm³/mol. The summed E-state index contributed by atoms with van der Waals surface area (Å²) in [6.45, 7) is 16.5. The Bertz CT molecular complexity index is 496. The summed E-state index contributed by atoms with van der Waals surface area (Å²) in [4.78, 5) is 24.9. The topological polar surface area (TPSA) is 46.7 Å². The van der Waals surface area contributed by atoms with Gasteiger partial charge in [0, 0.05) is 30.6 Å². The molecule has 0 saturated carbocycles. The molecule has 1 saturated heterocycles. The first kappa shape index (κ1) is 22.1. The van der Waals surface area contributed by atoms with E-state index in [1.807, 2.05) is 27.7 Å². The van der Waals surface area contributed by atoms with Crippen LogP contribution in [0, 0.1) is 29.6 Å². The zero-order valence-electron chi connectivity index (χ0n) is 17.5. The van der Waals surface area contributed by atoms with Gasteiger partial charge < -0.3 is 4.74 Å². The summed E-state index contributed by atoms with van der Waals surface area (Å²) in [5.74, 6) is 1.08. The lowest BCUT2D eigenvalue weighted by Gasteiger charge is -2.30. The van der Waals surface area contributed by atoms with Gasteiger partial charge in [0.05, 0.1) is 11.7 Å². The fraction of sp³-hybridized carbons (Fsp3) is 0.818. The Morgan fingerprint density at radius 1 is 1.16 bits per heavy atom. The van der Waals surface area contributed by atoms with E-state index in [0.717, 1.165) is 6.42 Å². The molecule has 1 unspecified atom stereocenters. The highest BCUT2D eigenvalue weighted by Crippen LogP contribution is 2.50. The fourth-order valence-electron chi connectivity index (χ4n) is 4.14. The zero-order valence-corrected chi connectivity index (χ0v) is 17.5. The lowest BCUT2D eigenvalue weighted by Crippen LogP contribution is -2.37. The molecule has 0 aromatic heterocycles. The summed E-state index contributed by atoms with van der Waals surface area (Å²) in [5, 5.41) is 0. The molecule has 0 N–H and O–H groups in total. The van der Waals surface area contributed by atoms with Gasteiger partial charge in [0.1, 0.15) is 11.6 Å². The van der Waals surface area contributed by atoms with Crippen molar-refractivity contribution in [3.8, 4) is 0 Å². The Hall–Kier alpha value is -0.960. The SMILES string of the molecule is C/C=C\[C@H](C)[C@H]1O[C@@]1(C)[C@@H](C)[C@@H](CC)C(=O)[C@@H](C)C(C)CC(=O)CC. The minimum Gasteiger partial charge on any atom is -0.365 e. The van der Waals surface area contributed by atoms with E-state index < -0.39 is 0 Å². The summed E-state index contributed by atoms with van der Waals surface area (Å²) in [6, 6.07) is 0. The molecular weight excluding hydrogens is 312 g/mol. The quantitative estimate of drug-likeness (QED) is 0.379. The molecule has 1 aliphatic heterocycles. The first-order valence-electron chi connectivity index (χ1n) is 9.99. The molecule has 0 aromatic carbocycles. The van der Waals surface area contributed by atoms with Crippen molar-refractivity contribution in [3.63, 3.8) is 0 Å². The standard InChI is InChI=1S/C22H38O3/c1-9-12-14(4)21-22(8,25-21)17(7)19(11-3)20(24)16(6)15(5)13-18(23)10-2/h9,12,14-17,19,21H,10-11,13H2,1-8H3/b12-9-/t14-,15?,16-,17-,19+,21+,22-/m0/s1. The van der Waals surface area contributed by atoms with Gasteiger partial charge in [0.25, 0.3) is 0 Å². The summed E-state index contributed by atoms with van der Waals surface area (Å²) >= 11 is 0. The summed E-state index contributed by atoms with van der Waals surface area (Å²) in [6.07, 6.45) is 6.30. The zero-order chi connectivity index (χ0) is 19.4. The van der Waals surface area contributed by atoms with Gasteiger partial charge in [-0.1, -0.05) is 53.7 Å². The second-order valence-electron chi connectivity index (χ2n) is 8.18. The van der Waals surface area contributed by atoms with E-state index in [1.165, 1.54) is 0 Å². The molecule has 3 nitrogen and oxygen atoms in total. The Morgan fingerprint density at radius 2 is 1.76 bits per heavy atom. The third kappa shape index (κ3) is 5.03. The van der Waals surface area contributed by atoms with Crippen LogP contribution < -0.4 is 0 Å². The van der Waals surface area contributed by atoms with Crippen molar-refractivity contribution in [2.24, 2.45) is 29.6 Å². The maximum atomic E-state index is 13.1. The molecule has 3 heteroatoms. The van der Waals surface area contributed by atoms with E-state index >= 15 is 0 Å². The summed E-state index contributed by atoms with van der Waals surface area (Å²) in [5.41, 5.74) is -0.225. The number of ether oxygens (including phenoxy) is 1. The molecule has 0 amide bonds. The predicted octanol–water partition coefficient (Wildman–Crippen LogP) is 5.23. The van der Waals surface area contributed by atoms with E-state index in [1.54, 1.807) is 0 Å². The van der Waals surface area contributed by atoms with Crippen molar-refractivity contribution < 1.29 is 14.3 Å². The second-order valence-corrected chi connectivity index (χ2v) is 8.18. The number of hydrogen-bond acceptors (Lipinski definition) is 3. The van der Waals surface area contributed by atoms with E-state index in [-0.39, 0.29) is 41.2 Å². The fourth-order valence-corrected chi connectivity index (χ4v) is 4.14. The molecule has 0 spiro atoms. The third-order valence-electron chi connectivity index (χ3n) is 6.42. The Balaban J connectivity index is 2.80. The van der Waals surface area contributed by atoms with Crippen molar-refractivity contribution in [1.82, 2.24) is 0 Å². The highest BCUT2D eigenvalue weighted by atomic mass is 16.6. The minimum absolute atomic E-state index is 0.0121. The number of carbonyl (C=O) groups is 2. The van der Waals surface area contributed by atoms with Crippen LogP contribution in [-0.2, 0) is 14.3 Å². The van der Waals surface area contributed by atoms with Crippen molar-refractivity contribution >= 4 is 11.6 Å². The van der Waals surface area contributed by atoms with E-state index in [4.69, 9.17) is 4.74 Å². The lowest BCUT2D eigenvalue weighted by atomic mass is 9.72. The molecule has 1 rings (SSSR count). The molecule has 25 heavy (non-hydrogen) atoms. The average molecular weight is 351 g/mol. The van der Waals surface area contributed by atoms with Crippen LogP contribution in [0.3, 0.4) is 0 Å². The molecule has 7 atom stereocenters. The van der Waals surface area contributed by atoms with Gasteiger partial charge in [0.2, 0.25) is 0 Å². The van der Waals surface area contributed by atoms with Gasteiger partial charge >= 0.3 is 0 Å². The maximum absolute atomic E-state index is 13.1. The molecule has 0 aliphatic carbocycles. The van der Waals surface area contributed by atoms with Gasteiger partial charge in [-0.2, -0.15) is 0 Å². The van der Waals surface area contributed by atoms with Gasteiger partial charge in [-0.05, 0) is 32.1 Å². The van der Waals surface area contributed by atoms with E-state index in [9.17, 15) is 9.59 Å². The molecular formula is C22H38O3. The van der Waals surface area contributed by atoms with Crippen molar-refractivity contribution in [2.75, 3.05) is 0 Å². The van der Waals surface area contributed by atoms with Crippen LogP contribution in [0.5, 0.6) is 0 Å². The molecule has 1 aliphatic rings. The van der Waals surface area contributed by atoms with Crippen LogP contribution >= 0.6 is 0 Å². The highest BCUT2D eigenvalue weighted by molar-refractivity contribution is 5.85. The Morgan fingerprint density at radius 3 is 2.24 bits per heavy atom. The van der Waals surface area contributed by atoms with Gasteiger partial charge in [-0.3, -0.25) is 9.59 Å². The molecule has 0 radical (unpaired) electrons. The number of Topliss-reactive ketones (excluding diaryl/α,β-unsaturated/α-hetero) is 2. The molecule has 144 valence electrons. The molecule has 1 fully saturated rings.